The standard InChI is InChI=1S/C18H14BrClO5/c1-22-14-12-8-11(9-4-6-10(20)7-5-9)18(21)25-15(12)17(24-3)16(23-2)13(14)19/h4-8H,1-3H3. The fourth-order valence-electron chi connectivity index (χ4n) is 2.63. The third kappa shape index (κ3) is 2.96. The van der Waals surface area contributed by atoms with Gasteiger partial charge in [-0.3, -0.25) is 0 Å². The van der Waals surface area contributed by atoms with Crippen LogP contribution >= 0.6 is 27.5 Å². The Morgan fingerprint density at radius 2 is 1.56 bits per heavy atom. The Morgan fingerprint density at radius 1 is 0.960 bits per heavy atom. The molecule has 0 amide bonds. The van der Waals surface area contributed by atoms with E-state index in [4.69, 9.17) is 30.2 Å². The van der Waals surface area contributed by atoms with Crippen LogP contribution in [0, 0.1) is 0 Å². The third-order valence-corrected chi connectivity index (χ3v) is 4.74. The van der Waals surface area contributed by atoms with Gasteiger partial charge >= 0.3 is 5.63 Å². The Hall–Kier alpha value is -2.18. The first-order valence-corrected chi connectivity index (χ1v) is 8.40. The van der Waals surface area contributed by atoms with Crippen molar-refractivity contribution >= 4 is 38.5 Å². The molecule has 0 aliphatic rings. The summed E-state index contributed by atoms with van der Waals surface area (Å²) in [5.41, 5.74) is 0.830. The highest BCUT2D eigenvalue weighted by molar-refractivity contribution is 9.10. The lowest BCUT2D eigenvalue weighted by molar-refractivity contribution is 0.344. The van der Waals surface area contributed by atoms with Crippen LogP contribution in [0.1, 0.15) is 0 Å². The highest BCUT2D eigenvalue weighted by Gasteiger charge is 2.24. The predicted octanol–water partition coefficient (Wildman–Crippen LogP) is 4.90. The van der Waals surface area contributed by atoms with Crippen LogP contribution in [0.3, 0.4) is 0 Å². The monoisotopic (exact) mass is 424 g/mol. The molecule has 3 aromatic rings. The van der Waals surface area contributed by atoms with Gasteiger partial charge in [0, 0.05) is 5.02 Å². The second-order valence-corrected chi connectivity index (χ2v) is 6.34. The molecule has 25 heavy (non-hydrogen) atoms. The molecule has 0 radical (unpaired) electrons. The van der Waals surface area contributed by atoms with Crippen LogP contribution in [0.25, 0.3) is 22.1 Å². The van der Waals surface area contributed by atoms with Gasteiger partial charge in [0.25, 0.3) is 0 Å². The van der Waals surface area contributed by atoms with Gasteiger partial charge in [-0.25, -0.2) is 4.79 Å². The van der Waals surface area contributed by atoms with Crippen molar-refractivity contribution in [3.8, 4) is 28.4 Å². The summed E-state index contributed by atoms with van der Waals surface area (Å²) in [5, 5.41) is 1.16. The summed E-state index contributed by atoms with van der Waals surface area (Å²) >= 11 is 9.37. The number of fused-ring (bicyclic) bond motifs is 1. The fraction of sp³-hybridized carbons (Fsp3) is 0.167. The molecule has 5 nitrogen and oxygen atoms in total. The molecular weight excluding hydrogens is 412 g/mol. The Balaban J connectivity index is 2.40. The lowest BCUT2D eigenvalue weighted by Gasteiger charge is -2.16. The average Bonchev–Trinajstić information content (AvgIpc) is 2.61. The van der Waals surface area contributed by atoms with Crippen molar-refractivity contribution < 1.29 is 18.6 Å². The molecule has 0 aliphatic carbocycles. The van der Waals surface area contributed by atoms with Gasteiger partial charge in [-0.05, 0) is 39.7 Å². The van der Waals surface area contributed by atoms with E-state index in [1.165, 1.54) is 21.3 Å². The maximum atomic E-state index is 12.5. The van der Waals surface area contributed by atoms with Gasteiger partial charge in [0.05, 0.1) is 32.3 Å². The Morgan fingerprint density at radius 3 is 2.12 bits per heavy atom. The highest BCUT2D eigenvalue weighted by atomic mass is 79.9. The Kier molecular flexibility index (Phi) is 4.92. The summed E-state index contributed by atoms with van der Waals surface area (Å²) in [7, 11) is 4.50. The summed E-state index contributed by atoms with van der Waals surface area (Å²) < 4.78 is 22.3. The molecule has 7 heteroatoms. The van der Waals surface area contributed by atoms with Crippen LogP contribution in [0.5, 0.6) is 17.2 Å². The molecule has 0 saturated heterocycles. The van der Waals surface area contributed by atoms with Crippen LogP contribution in [-0.2, 0) is 0 Å². The molecule has 0 unspecified atom stereocenters. The van der Waals surface area contributed by atoms with Gasteiger partial charge in [-0.1, -0.05) is 23.7 Å². The molecule has 0 spiro atoms. The van der Waals surface area contributed by atoms with Crippen molar-refractivity contribution in [1.82, 2.24) is 0 Å². The molecule has 1 aromatic heterocycles. The van der Waals surface area contributed by atoms with Crippen LogP contribution in [-0.4, -0.2) is 21.3 Å². The zero-order valence-electron chi connectivity index (χ0n) is 13.7. The van der Waals surface area contributed by atoms with E-state index in [2.05, 4.69) is 15.9 Å². The Bertz CT molecular complexity index is 995. The number of ether oxygens (including phenoxy) is 3. The summed E-state index contributed by atoms with van der Waals surface area (Å²) in [6, 6.07) is 8.63. The number of hydrogen-bond acceptors (Lipinski definition) is 5. The molecule has 1 heterocycles. The van der Waals surface area contributed by atoms with Crippen LogP contribution in [0.4, 0.5) is 0 Å². The molecule has 0 bridgehead atoms. The lowest BCUT2D eigenvalue weighted by Crippen LogP contribution is -2.05. The molecule has 3 rings (SSSR count). The summed E-state index contributed by atoms with van der Waals surface area (Å²) in [6.07, 6.45) is 0. The molecule has 0 aliphatic heterocycles. The van der Waals surface area contributed by atoms with Crippen molar-refractivity contribution in [2.45, 2.75) is 0 Å². The molecule has 0 fully saturated rings. The number of rotatable bonds is 4. The van der Waals surface area contributed by atoms with Crippen molar-refractivity contribution in [1.29, 1.82) is 0 Å². The zero-order chi connectivity index (χ0) is 18.1. The molecule has 0 N–H and O–H groups in total. The van der Waals surface area contributed by atoms with Crippen molar-refractivity contribution in [2.24, 2.45) is 0 Å². The minimum atomic E-state index is -0.500. The minimum absolute atomic E-state index is 0.252. The first-order valence-electron chi connectivity index (χ1n) is 7.23. The van der Waals surface area contributed by atoms with Crippen molar-refractivity contribution in [3.63, 3.8) is 0 Å². The summed E-state index contributed by atoms with van der Waals surface area (Å²) in [5.74, 6) is 1.17. The zero-order valence-corrected chi connectivity index (χ0v) is 16.0. The van der Waals surface area contributed by atoms with E-state index in [9.17, 15) is 4.79 Å². The van der Waals surface area contributed by atoms with Crippen molar-refractivity contribution in [2.75, 3.05) is 21.3 Å². The van der Waals surface area contributed by atoms with Crippen LogP contribution in [0.15, 0.2) is 44.0 Å². The van der Waals surface area contributed by atoms with Crippen molar-refractivity contribution in [3.05, 3.63) is 50.2 Å². The summed E-state index contributed by atoms with van der Waals surface area (Å²) in [4.78, 5) is 12.5. The Labute approximate surface area is 157 Å². The molecule has 0 saturated carbocycles. The van der Waals surface area contributed by atoms with Gasteiger partial charge in [-0.15, -0.1) is 0 Å². The van der Waals surface area contributed by atoms with E-state index in [1.54, 1.807) is 30.3 Å². The smallest absolute Gasteiger partial charge is 0.344 e. The SMILES string of the molecule is COc1c(Br)c(OC)c2cc(-c3ccc(Cl)cc3)c(=O)oc2c1OC. The third-order valence-electron chi connectivity index (χ3n) is 3.77. The quantitative estimate of drug-likeness (QED) is 0.556. The lowest BCUT2D eigenvalue weighted by atomic mass is 10.1. The van der Waals surface area contributed by atoms with Gasteiger partial charge in [-0.2, -0.15) is 0 Å². The minimum Gasteiger partial charge on any atom is -0.495 e. The normalized spacial score (nSPS) is 10.8. The van der Waals surface area contributed by atoms with E-state index >= 15 is 0 Å². The topological polar surface area (TPSA) is 57.9 Å². The summed E-state index contributed by atoms with van der Waals surface area (Å²) in [6.45, 7) is 0. The highest BCUT2D eigenvalue weighted by Crippen LogP contribution is 2.48. The van der Waals surface area contributed by atoms with Gasteiger partial charge in [0.1, 0.15) is 10.2 Å². The number of hydrogen-bond donors (Lipinski definition) is 0. The van der Waals surface area contributed by atoms with Crippen LogP contribution in [0.2, 0.25) is 5.02 Å². The van der Waals surface area contributed by atoms with Gasteiger partial charge in [0.15, 0.2) is 11.3 Å². The first-order chi connectivity index (χ1) is 12.0. The molecule has 0 atom stereocenters. The number of halogens is 2. The van der Waals surface area contributed by atoms with E-state index in [0.717, 1.165) is 0 Å². The number of benzene rings is 2. The van der Waals surface area contributed by atoms with Gasteiger partial charge < -0.3 is 18.6 Å². The van der Waals surface area contributed by atoms with E-state index in [-0.39, 0.29) is 5.58 Å². The average molecular weight is 426 g/mol. The van der Waals surface area contributed by atoms with E-state index < -0.39 is 5.63 Å². The second kappa shape index (κ2) is 6.98. The van der Waals surface area contributed by atoms with Gasteiger partial charge in [0.2, 0.25) is 5.75 Å². The van der Waals surface area contributed by atoms with Crippen LogP contribution < -0.4 is 19.8 Å². The maximum Gasteiger partial charge on any atom is 0.344 e. The molecule has 130 valence electrons. The maximum absolute atomic E-state index is 12.5. The van der Waals surface area contributed by atoms with E-state index in [0.29, 0.717) is 43.3 Å². The molecule has 2 aromatic carbocycles. The van der Waals surface area contributed by atoms with E-state index in [1.807, 2.05) is 0 Å². The fourth-order valence-corrected chi connectivity index (χ4v) is 3.47. The first kappa shape index (κ1) is 17.6. The second-order valence-electron chi connectivity index (χ2n) is 5.11. The molecular formula is C18H14BrClO5. The number of methoxy groups -OCH3 is 3. The predicted molar refractivity (Wildman–Crippen MR) is 100 cm³/mol. The largest absolute Gasteiger partial charge is 0.495 e.